The van der Waals surface area contributed by atoms with E-state index in [1.807, 2.05) is 0 Å². The van der Waals surface area contributed by atoms with E-state index in [1.165, 1.54) is 17.7 Å². The number of imidazole rings is 1. The third-order valence-electron chi connectivity index (χ3n) is 4.48. The first-order valence-corrected chi connectivity index (χ1v) is 8.36. The van der Waals surface area contributed by atoms with Gasteiger partial charge in [0.1, 0.15) is 5.65 Å². The summed E-state index contributed by atoms with van der Waals surface area (Å²) >= 11 is 0. The van der Waals surface area contributed by atoms with Crippen molar-refractivity contribution in [3.8, 4) is 11.3 Å². The van der Waals surface area contributed by atoms with Crippen LogP contribution in [0.3, 0.4) is 0 Å². The third kappa shape index (κ3) is 3.00. The van der Waals surface area contributed by atoms with E-state index in [9.17, 15) is 0 Å². The van der Waals surface area contributed by atoms with Crippen molar-refractivity contribution in [2.75, 3.05) is 26.2 Å². The van der Waals surface area contributed by atoms with Crippen molar-refractivity contribution >= 4 is 5.65 Å². The monoisotopic (exact) mass is 306 g/mol. The molecule has 4 heteroatoms. The molecule has 1 fully saturated rings. The van der Waals surface area contributed by atoms with Gasteiger partial charge in [0.25, 0.3) is 0 Å². The van der Waals surface area contributed by atoms with Crippen molar-refractivity contribution in [2.45, 2.75) is 13.0 Å². The van der Waals surface area contributed by atoms with Crippen LogP contribution in [0.5, 0.6) is 0 Å². The van der Waals surface area contributed by atoms with E-state index in [-0.39, 0.29) is 0 Å². The molecule has 0 aliphatic carbocycles. The molecule has 4 nitrogen and oxygen atoms in total. The van der Waals surface area contributed by atoms with Gasteiger partial charge >= 0.3 is 0 Å². The number of aromatic nitrogens is 2. The van der Waals surface area contributed by atoms with Crippen molar-refractivity contribution in [1.29, 1.82) is 0 Å². The van der Waals surface area contributed by atoms with Gasteiger partial charge in [-0.05, 0) is 31.6 Å². The number of rotatable bonds is 3. The summed E-state index contributed by atoms with van der Waals surface area (Å²) in [4.78, 5) is 7.42. The Morgan fingerprint density at radius 3 is 2.74 bits per heavy atom. The lowest BCUT2D eigenvalue weighted by Gasteiger charge is -2.20. The molecule has 118 valence electrons. The minimum absolute atomic E-state index is 0.942. The fourth-order valence-corrected chi connectivity index (χ4v) is 3.30. The Labute approximate surface area is 136 Å². The van der Waals surface area contributed by atoms with Crippen molar-refractivity contribution in [2.24, 2.45) is 0 Å². The fraction of sp³-hybridized carbons (Fsp3) is 0.316. The van der Waals surface area contributed by atoms with Crippen LogP contribution in [0.15, 0.2) is 54.7 Å². The Hall–Kier alpha value is -2.17. The summed E-state index contributed by atoms with van der Waals surface area (Å²) < 4.78 is 2.24. The van der Waals surface area contributed by atoms with Crippen molar-refractivity contribution < 1.29 is 0 Å². The van der Waals surface area contributed by atoms with Gasteiger partial charge in [-0.25, -0.2) is 4.98 Å². The van der Waals surface area contributed by atoms with Crippen LogP contribution in [0.1, 0.15) is 12.1 Å². The van der Waals surface area contributed by atoms with Crippen LogP contribution in [-0.4, -0.2) is 40.5 Å². The molecule has 23 heavy (non-hydrogen) atoms. The van der Waals surface area contributed by atoms with Crippen molar-refractivity contribution in [3.05, 3.63) is 60.4 Å². The molecule has 4 rings (SSSR count). The highest BCUT2D eigenvalue weighted by atomic mass is 15.2. The first-order valence-electron chi connectivity index (χ1n) is 8.36. The Bertz CT molecular complexity index is 770. The number of benzene rings is 1. The van der Waals surface area contributed by atoms with Crippen molar-refractivity contribution in [1.82, 2.24) is 19.6 Å². The molecule has 1 N–H and O–H groups in total. The maximum Gasteiger partial charge on any atom is 0.137 e. The third-order valence-corrected chi connectivity index (χ3v) is 4.48. The first kappa shape index (κ1) is 14.4. The molecule has 1 aliphatic heterocycles. The lowest BCUT2D eigenvalue weighted by atomic mass is 10.1. The highest BCUT2D eigenvalue weighted by molar-refractivity contribution is 5.66. The molecule has 3 heterocycles. The van der Waals surface area contributed by atoms with E-state index >= 15 is 0 Å². The molecule has 0 radical (unpaired) electrons. The number of hydrogen-bond acceptors (Lipinski definition) is 3. The van der Waals surface area contributed by atoms with Gasteiger partial charge in [0, 0.05) is 31.4 Å². The molecule has 0 amide bonds. The van der Waals surface area contributed by atoms with E-state index in [0.29, 0.717) is 0 Å². The second-order valence-corrected chi connectivity index (χ2v) is 6.08. The van der Waals surface area contributed by atoms with Crippen LogP contribution in [-0.2, 0) is 6.54 Å². The molecule has 1 aromatic carbocycles. The smallest absolute Gasteiger partial charge is 0.137 e. The highest BCUT2D eigenvalue weighted by Crippen LogP contribution is 2.25. The number of fused-ring (bicyclic) bond motifs is 1. The van der Waals surface area contributed by atoms with E-state index in [2.05, 4.69) is 69.3 Å². The number of hydrogen-bond donors (Lipinski definition) is 1. The largest absolute Gasteiger partial charge is 0.315 e. The Kier molecular flexibility index (Phi) is 4.09. The molecular formula is C19H22N4. The van der Waals surface area contributed by atoms with Gasteiger partial charge in [0.05, 0.1) is 11.4 Å². The SMILES string of the molecule is c1ccc(-c2nc3ccccn3c2CN2CCCNCC2)cc1. The maximum absolute atomic E-state index is 4.89. The summed E-state index contributed by atoms with van der Waals surface area (Å²) in [7, 11) is 0. The fourth-order valence-electron chi connectivity index (χ4n) is 3.30. The zero-order chi connectivity index (χ0) is 15.5. The normalized spacial score (nSPS) is 16.5. The van der Waals surface area contributed by atoms with Gasteiger partial charge in [0.15, 0.2) is 0 Å². The molecule has 0 spiro atoms. The first-order chi connectivity index (χ1) is 11.4. The zero-order valence-corrected chi connectivity index (χ0v) is 13.3. The van der Waals surface area contributed by atoms with Crippen LogP contribution in [0, 0.1) is 0 Å². The molecule has 0 unspecified atom stereocenters. The predicted octanol–water partition coefficient (Wildman–Crippen LogP) is 2.80. The molecule has 0 saturated carbocycles. The minimum Gasteiger partial charge on any atom is -0.315 e. The highest BCUT2D eigenvalue weighted by Gasteiger charge is 2.17. The average molecular weight is 306 g/mol. The van der Waals surface area contributed by atoms with Crippen LogP contribution >= 0.6 is 0 Å². The summed E-state index contributed by atoms with van der Waals surface area (Å²) in [5.74, 6) is 0. The lowest BCUT2D eigenvalue weighted by Crippen LogP contribution is -2.28. The van der Waals surface area contributed by atoms with Crippen LogP contribution in [0.4, 0.5) is 0 Å². The summed E-state index contributed by atoms with van der Waals surface area (Å²) in [5.41, 5.74) is 4.61. The molecule has 0 atom stereocenters. The number of nitrogens with one attached hydrogen (secondary N) is 1. The predicted molar refractivity (Wildman–Crippen MR) is 93.4 cm³/mol. The van der Waals surface area contributed by atoms with Gasteiger partial charge in [-0.2, -0.15) is 0 Å². The summed E-state index contributed by atoms with van der Waals surface area (Å²) in [6.45, 7) is 5.36. The topological polar surface area (TPSA) is 32.6 Å². The minimum atomic E-state index is 0.942. The van der Waals surface area contributed by atoms with Gasteiger partial charge in [0.2, 0.25) is 0 Å². The number of nitrogens with zero attached hydrogens (tertiary/aromatic N) is 3. The van der Waals surface area contributed by atoms with E-state index in [4.69, 9.17) is 4.98 Å². The Balaban J connectivity index is 1.76. The second-order valence-electron chi connectivity index (χ2n) is 6.08. The van der Waals surface area contributed by atoms with Gasteiger partial charge in [-0.3, -0.25) is 4.90 Å². The molecular weight excluding hydrogens is 284 g/mol. The quantitative estimate of drug-likeness (QED) is 0.807. The van der Waals surface area contributed by atoms with E-state index in [1.54, 1.807) is 0 Å². The average Bonchev–Trinajstić information content (AvgIpc) is 2.78. The van der Waals surface area contributed by atoms with E-state index < -0.39 is 0 Å². The molecule has 2 aromatic heterocycles. The molecule has 1 aliphatic rings. The second kappa shape index (κ2) is 6.52. The number of pyridine rings is 1. The van der Waals surface area contributed by atoms with Crippen LogP contribution in [0.2, 0.25) is 0 Å². The maximum atomic E-state index is 4.89. The van der Waals surface area contributed by atoms with Crippen LogP contribution in [0.25, 0.3) is 16.9 Å². The summed E-state index contributed by atoms with van der Waals surface area (Å²) in [6, 6.07) is 16.7. The van der Waals surface area contributed by atoms with Crippen molar-refractivity contribution in [3.63, 3.8) is 0 Å². The summed E-state index contributed by atoms with van der Waals surface area (Å²) in [6.07, 6.45) is 3.33. The van der Waals surface area contributed by atoms with Gasteiger partial charge in [-0.1, -0.05) is 36.4 Å². The Morgan fingerprint density at radius 2 is 1.83 bits per heavy atom. The zero-order valence-electron chi connectivity index (χ0n) is 13.3. The van der Waals surface area contributed by atoms with E-state index in [0.717, 1.165) is 44.1 Å². The molecule has 3 aromatic rings. The van der Waals surface area contributed by atoms with Gasteiger partial charge in [-0.15, -0.1) is 0 Å². The molecule has 0 bridgehead atoms. The van der Waals surface area contributed by atoms with Gasteiger partial charge < -0.3 is 9.72 Å². The molecule has 1 saturated heterocycles. The Morgan fingerprint density at radius 1 is 0.957 bits per heavy atom. The lowest BCUT2D eigenvalue weighted by molar-refractivity contribution is 0.281. The summed E-state index contributed by atoms with van der Waals surface area (Å²) in [5, 5.41) is 3.48. The van der Waals surface area contributed by atoms with Crippen LogP contribution < -0.4 is 5.32 Å². The standard InChI is InChI=1S/C19H22N4/c1-2-7-16(8-3-1)19-17(15-22-12-6-10-20-11-14-22)23-13-5-4-9-18(23)21-19/h1-5,7-9,13,20H,6,10-12,14-15H2.